The lowest BCUT2D eigenvalue weighted by molar-refractivity contribution is 0.0945. The maximum atomic E-state index is 13.3. The van der Waals surface area contributed by atoms with Crippen molar-refractivity contribution >= 4 is 29.2 Å². The van der Waals surface area contributed by atoms with Crippen LogP contribution in [0.25, 0.3) is 0 Å². The molecule has 1 aromatic carbocycles. The molecule has 2 heterocycles. The van der Waals surface area contributed by atoms with E-state index >= 15 is 0 Å². The van der Waals surface area contributed by atoms with E-state index in [1.165, 1.54) is 6.07 Å². The molecule has 0 atom stereocenters. The molecule has 144 valence electrons. The topological polar surface area (TPSA) is 99.8 Å². The molecule has 3 N–H and O–H groups in total. The Morgan fingerprint density at radius 1 is 1.14 bits per heavy atom. The van der Waals surface area contributed by atoms with E-state index in [1.807, 2.05) is 19.1 Å². The molecule has 0 unspecified atom stereocenters. The van der Waals surface area contributed by atoms with Gasteiger partial charge in [-0.05, 0) is 30.7 Å². The molecule has 0 bridgehead atoms. The number of nitrogens with one attached hydrogen (secondary N) is 3. The third kappa shape index (κ3) is 4.49. The van der Waals surface area contributed by atoms with E-state index in [4.69, 9.17) is 11.6 Å². The summed E-state index contributed by atoms with van der Waals surface area (Å²) in [7, 11) is 0. The van der Waals surface area contributed by atoms with Crippen LogP contribution in [0.4, 0.5) is 14.6 Å². The molecule has 0 saturated heterocycles. The van der Waals surface area contributed by atoms with Gasteiger partial charge in [0, 0.05) is 24.5 Å². The second-order valence-corrected chi connectivity index (χ2v) is 6.26. The summed E-state index contributed by atoms with van der Waals surface area (Å²) in [5, 5.41) is 11.1. The normalized spacial score (nSPS) is 10.6. The Morgan fingerprint density at radius 3 is 2.61 bits per heavy atom. The molecule has 0 radical (unpaired) electrons. The zero-order valence-corrected chi connectivity index (χ0v) is 15.3. The predicted octanol–water partition coefficient (Wildman–Crippen LogP) is 3.23. The second-order valence-electron chi connectivity index (χ2n) is 5.86. The first-order valence-corrected chi connectivity index (χ1v) is 8.42. The van der Waals surface area contributed by atoms with Gasteiger partial charge in [0.25, 0.3) is 11.8 Å². The van der Waals surface area contributed by atoms with E-state index in [9.17, 15) is 18.4 Å². The molecule has 3 aromatic rings. The highest BCUT2D eigenvalue weighted by Gasteiger charge is 2.17. The lowest BCUT2D eigenvalue weighted by Crippen LogP contribution is -2.23. The van der Waals surface area contributed by atoms with Gasteiger partial charge in [0.2, 0.25) is 0 Å². The molecular formula is C18H14ClF2N5O2. The van der Waals surface area contributed by atoms with Crippen molar-refractivity contribution < 1.29 is 18.4 Å². The van der Waals surface area contributed by atoms with Gasteiger partial charge in [-0.3, -0.25) is 19.7 Å². The summed E-state index contributed by atoms with van der Waals surface area (Å²) >= 11 is 5.76. The van der Waals surface area contributed by atoms with Gasteiger partial charge in [-0.2, -0.15) is 5.10 Å². The Kier molecular flexibility index (Phi) is 5.65. The predicted molar refractivity (Wildman–Crippen MR) is 98.1 cm³/mol. The van der Waals surface area contributed by atoms with E-state index in [-0.39, 0.29) is 28.6 Å². The van der Waals surface area contributed by atoms with E-state index in [2.05, 4.69) is 25.8 Å². The quantitative estimate of drug-likeness (QED) is 0.567. The second kappa shape index (κ2) is 8.13. The largest absolute Gasteiger partial charge is 0.347 e. The Hall–Kier alpha value is -3.33. The number of pyridine rings is 1. The van der Waals surface area contributed by atoms with Crippen LogP contribution in [0.5, 0.6) is 0 Å². The van der Waals surface area contributed by atoms with Gasteiger partial charge in [-0.25, -0.2) is 8.78 Å². The van der Waals surface area contributed by atoms with Crippen molar-refractivity contribution in [1.29, 1.82) is 0 Å². The smallest absolute Gasteiger partial charge is 0.269 e. The number of carbonyl (C=O) groups excluding carboxylic acids is 2. The summed E-state index contributed by atoms with van der Waals surface area (Å²) in [6, 6.07) is 6.36. The standard InChI is InChI=1S/C18H14ClF2N5O2/c1-9-2-3-10(7-22-9)8-23-18(28)15-6-16(26-25-15)24-17(27)11-4-13(20)14(21)5-12(11)19/h2-7H,8H2,1H3,(H,23,28)(H2,24,25,26,27). The molecule has 0 aliphatic carbocycles. The highest BCUT2D eigenvalue weighted by atomic mass is 35.5. The zero-order valence-electron chi connectivity index (χ0n) is 14.5. The van der Waals surface area contributed by atoms with Crippen LogP contribution in [0.2, 0.25) is 5.02 Å². The number of benzene rings is 1. The van der Waals surface area contributed by atoms with Gasteiger partial charge in [0.15, 0.2) is 17.5 Å². The number of rotatable bonds is 5. The summed E-state index contributed by atoms with van der Waals surface area (Å²) in [5.41, 5.74) is 1.53. The van der Waals surface area contributed by atoms with Crippen molar-refractivity contribution in [3.63, 3.8) is 0 Å². The fourth-order valence-corrected chi connectivity index (χ4v) is 2.50. The highest BCUT2D eigenvalue weighted by molar-refractivity contribution is 6.34. The lowest BCUT2D eigenvalue weighted by Gasteiger charge is -2.05. The number of nitrogens with zero attached hydrogens (tertiary/aromatic N) is 2. The molecule has 10 heteroatoms. The number of aromatic nitrogens is 3. The Bertz CT molecular complexity index is 1040. The van der Waals surface area contributed by atoms with Gasteiger partial charge in [-0.1, -0.05) is 17.7 Å². The summed E-state index contributed by atoms with van der Waals surface area (Å²) in [4.78, 5) is 28.5. The SMILES string of the molecule is Cc1ccc(CNC(=O)c2cc(NC(=O)c3cc(F)c(F)cc3Cl)n[nH]2)cn1. The number of anilines is 1. The minimum absolute atomic E-state index is 0.0213. The maximum Gasteiger partial charge on any atom is 0.269 e. The van der Waals surface area contributed by atoms with Crippen molar-refractivity contribution in [3.05, 3.63) is 75.7 Å². The average Bonchev–Trinajstić information content (AvgIpc) is 3.12. The fourth-order valence-electron chi connectivity index (χ4n) is 2.26. The molecule has 2 aromatic heterocycles. The molecule has 0 spiro atoms. The van der Waals surface area contributed by atoms with Crippen LogP contribution in [0.3, 0.4) is 0 Å². The van der Waals surface area contributed by atoms with Crippen molar-refractivity contribution in [2.24, 2.45) is 0 Å². The number of hydrogen-bond acceptors (Lipinski definition) is 4. The Balaban J connectivity index is 1.63. The van der Waals surface area contributed by atoms with Crippen molar-refractivity contribution in [2.45, 2.75) is 13.5 Å². The number of hydrogen-bond donors (Lipinski definition) is 3. The highest BCUT2D eigenvalue weighted by Crippen LogP contribution is 2.21. The van der Waals surface area contributed by atoms with E-state index in [0.717, 1.165) is 11.3 Å². The van der Waals surface area contributed by atoms with Crippen molar-refractivity contribution in [1.82, 2.24) is 20.5 Å². The van der Waals surface area contributed by atoms with Crippen LogP contribution in [-0.2, 0) is 6.54 Å². The summed E-state index contributed by atoms with van der Waals surface area (Å²) < 4.78 is 26.4. The molecular weight excluding hydrogens is 392 g/mol. The first-order chi connectivity index (χ1) is 13.3. The number of aromatic amines is 1. The van der Waals surface area contributed by atoms with Crippen molar-refractivity contribution in [2.75, 3.05) is 5.32 Å². The number of halogens is 3. The van der Waals surface area contributed by atoms with Gasteiger partial charge < -0.3 is 10.6 Å². The maximum absolute atomic E-state index is 13.3. The summed E-state index contributed by atoms with van der Waals surface area (Å²) in [6.45, 7) is 2.12. The minimum Gasteiger partial charge on any atom is -0.347 e. The van der Waals surface area contributed by atoms with Crippen LogP contribution in [0.1, 0.15) is 32.1 Å². The van der Waals surface area contributed by atoms with Crippen molar-refractivity contribution in [3.8, 4) is 0 Å². The molecule has 0 aliphatic rings. The summed E-state index contributed by atoms with van der Waals surface area (Å²) in [5.74, 6) is -3.59. The van der Waals surface area contributed by atoms with Crippen LogP contribution in [0.15, 0.2) is 36.5 Å². The number of carbonyl (C=O) groups is 2. The van der Waals surface area contributed by atoms with E-state index in [0.29, 0.717) is 12.1 Å². The monoisotopic (exact) mass is 405 g/mol. The van der Waals surface area contributed by atoms with E-state index in [1.54, 1.807) is 6.20 Å². The summed E-state index contributed by atoms with van der Waals surface area (Å²) in [6.07, 6.45) is 1.65. The fraction of sp³-hybridized carbons (Fsp3) is 0.111. The Morgan fingerprint density at radius 2 is 1.89 bits per heavy atom. The minimum atomic E-state index is -1.21. The Labute approximate surface area is 163 Å². The third-order valence-electron chi connectivity index (χ3n) is 3.74. The molecule has 3 rings (SSSR count). The molecule has 0 fully saturated rings. The molecule has 28 heavy (non-hydrogen) atoms. The van der Waals surface area contributed by atoms with Crippen LogP contribution < -0.4 is 10.6 Å². The molecule has 7 nitrogen and oxygen atoms in total. The van der Waals surface area contributed by atoms with Gasteiger partial charge in [0.1, 0.15) is 5.69 Å². The number of H-pyrrole nitrogens is 1. The molecule has 2 amide bonds. The van der Waals surface area contributed by atoms with Gasteiger partial charge in [0.05, 0.1) is 10.6 Å². The average molecular weight is 406 g/mol. The molecule has 0 aliphatic heterocycles. The number of aryl methyl sites for hydroxylation is 1. The first kappa shape index (κ1) is 19.4. The van der Waals surface area contributed by atoms with Crippen LogP contribution in [-0.4, -0.2) is 27.0 Å². The molecule has 0 saturated carbocycles. The third-order valence-corrected chi connectivity index (χ3v) is 4.06. The lowest BCUT2D eigenvalue weighted by atomic mass is 10.2. The van der Waals surface area contributed by atoms with Gasteiger partial charge in [-0.15, -0.1) is 0 Å². The van der Waals surface area contributed by atoms with Crippen LogP contribution >= 0.6 is 11.6 Å². The van der Waals surface area contributed by atoms with E-state index < -0.39 is 23.4 Å². The van der Waals surface area contributed by atoms with Crippen LogP contribution in [0, 0.1) is 18.6 Å². The van der Waals surface area contributed by atoms with Gasteiger partial charge >= 0.3 is 0 Å². The number of amides is 2. The first-order valence-electron chi connectivity index (χ1n) is 8.04. The zero-order chi connectivity index (χ0) is 20.3.